The summed E-state index contributed by atoms with van der Waals surface area (Å²) in [6.45, 7) is 0. The quantitative estimate of drug-likeness (QED) is 0.695. The molecule has 0 radical (unpaired) electrons. The molecule has 2 heterocycles. The topological polar surface area (TPSA) is 77.0 Å². The Morgan fingerprint density at radius 1 is 1.35 bits per heavy atom. The molecule has 1 amide bonds. The van der Waals surface area contributed by atoms with Crippen LogP contribution in [0.5, 0.6) is 5.88 Å². The number of ether oxygens (including phenoxy) is 1. The number of methoxy groups -OCH3 is 1. The van der Waals surface area contributed by atoms with Gasteiger partial charge in [-0.05, 0) is 6.07 Å². The number of anilines is 1. The van der Waals surface area contributed by atoms with E-state index < -0.39 is 11.7 Å². The predicted molar refractivity (Wildman–Crippen MR) is 70.8 cm³/mol. The van der Waals surface area contributed by atoms with Gasteiger partial charge in [-0.2, -0.15) is 4.98 Å². The molecule has 0 spiro atoms. The van der Waals surface area contributed by atoms with Crippen molar-refractivity contribution >= 4 is 35.1 Å². The zero-order chi connectivity index (χ0) is 14.7. The molecule has 0 unspecified atom stereocenters. The highest BCUT2D eigenvalue weighted by atomic mass is 35.5. The Hall–Kier alpha value is -1.99. The summed E-state index contributed by atoms with van der Waals surface area (Å²) in [7, 11) is 1.39. The standard InChI is InChI=1S/C11H7Cl2FN4O2/c1-20-8-3-7(12)16-11(17-8)18-10(19)6-2-5(14)4-15-9(6)13/h2-4H,1H3,(H,16,17,18,19). The first-order valence-corrected chi connectivity index (χ1v) is 5.96. The van der Waals surface area contributed by atoms with Crippen LogP contribution in [0.15, 0.2) is 18.3 Å². The molecule has 2 rings (SSSR count). The number of pyridine rings is 1. The summed E-state index contributed by atoms with van der Waals surface area (Å²) in [6, 6.07) is 2.32. The van der Waals surface area contributed by atoms with E-state index in [1.165, 1.54) is 13.2 Å². The molecule has 0 bridgehead atoms. The van der Waals surface area contributed by atoms with E-state index in [0.29, 0.717) is 0 Å². The summed E-state index contributed by atoms with van der Waals surface area (Å²) in [5, 5.41) is 2.26. The third kappa shape index (κ3) is 3.31. The van der Waals surface area contributed by atoms with Crippen LogP contribution in [0.3, 0.4) is 0 Å². The van der Waals surface area contributed by atoms with Crippen LogP contribution in [-0.4, -0.2) is 28.0 Å². The Labute approximate surface area is 122 Å². The number of hydrogen-bond donors (Lipinski definition) is 1. The molecular weight excluding hydrogens is 310 g/mol. The van der Waals surface area contributed by atoms with E-state index in [2.05, 4.69) is 20.3 Å². The van der Waals surface area contributed by atoms with Crippen molar-refractivity contribution in [3.63, 3.8) is 0 Å². The van der Waals surface area contributed by atoms with Crippen molar-refractivity contribution in [2.45, 2.75) is 0 Å². The van der Waals surface area contributed by atoms with E-state index in [1.54, 1.807) is 0 Å². The van der Waals surface area contributed by atoms with Gasteiger partial charge in [-0.25, -0.2) is 14.4 Å². The van der Waals surface area contributed by atoms with E-state index in [-0.39, 0.29) is 27.7 Å². The lowest BCUT2D eigenvalue weighted by Gasteiger charge is -2.06. The molecule has 0 aromatic carbocycles. The van der Waals surface area contributed by atoms with Gasteiger partial charge >= 0.3 is 0 Å². The monoisotopic (exact) mass is 316 g/mol. The van der Waals surface area contributed by atoms with Crippen molar-refractivity contribution in [2.24, 2.45) is 0 Å². The second kappa shape index (κ2) is 5.98. The molecule has 0 aliphatic rings. The van der Waals surface area contributed by atoms with E-state index >= 15 is 0 Å². The number of hydrogen-bond acceptors (Lipinski definition) is 5. The second-order valence-corrected chi connectivity index (χ2v) is 4.25. The van der Waals surface area contributed by atoms with E-state index in [4.69, 9.17) is 27.9 Å². The van der Waals surface area contributed by atoms with Gasteiger partial charge in [-0.15, -0.1) is 0 Å². The number of nitrogens with zero attached hydrogens (tertiary/aromatic N) is 3. The van der Waals surface area contributed by atoms with E-state index in [0.717, 1.165) is 12.3 Å². The van der Waals surface area contributed by atoms with E-state index in [1.807, 2.05) is 0 Å². The second-order valence-electron chi connectivity index (χ2n) is 3.50. The van der Waals surface area contributed by atoms with Gasteiger partial charge in [0.25, 0.3) is 5.91 Å². The van der Waals surface area contributed by atoms with Gasteiger partial charge in [-0.1, -0.05) is 23.2 Å². The highest BCUT2D eigenvalue weighted by molar-refractivity contribution is 6.33. The molecule has 2 aromatic heterocycles. The molecule has 20 heavy (non-hydrogen) atoms. The molecule has 1 N–H and O–H groups in total. The van der Waals surface area contributed by atoms with Gasteiger partial charge in [0.2, 0.25) is 11.8 Å². The van der Waals surface area contributed by atoms with E-state index in [9.17, 15) is 9.18 Å². The normalized spacial score (nSPS) is 10.2. The lowest BCUT2D eigenvalue weighted by Crippen LogP contribution is -2.15. The van der Waals surface area contributed by atoms with Crippen molar-refractivity contribution in [1.29, 1.82) is 0 Å². The number of aromatic nitrogens is 3. The number of halogens is 3. The fraction of sp³-hybridized carbons (Fsp3) is 0.0909. The number of carbonyl (C=O) groups excluding carboxylic acids is 1. The smallest absolute Gasteiger partial charge is 0.261 e. The van der Waals surface area contributed by atoms with Gasteiger partial charge in [0, 0.05) is 6.07 Å². The summed E-state index contributed by atoms with van der Waals surface area (Å²) in [5.74, 6) is -1.33. The van der Waals surface area contributed by atoms with Crippen LogP contribution in [0.2, 0.25) is 10.3 Å². The zero-order valence-corrected chi connectivity index (χ0v) is 11.5. The van der Waals surface area contributed by atoms with Gasteiger partial charge in [0.15, 0.2) is 0 Å². The lowest BCUT2D eigenvalue weighted by atomic mass is 10.2. The Bertz CT molecular complexity index is 669. The summed E-state index contributed by atoms with van der Waals surface area (Å²) >= 11 is 11.5. The molecule has 0 saturated heterocycles. The minimum Gasteiger partial charge on any atom is -0.481 e. The maximum absolute atomic E-state index is 13.1. The van der Waals surface area contributed by atoms with Crippen molar-refractivity contribution < 1.29 is 13.9 Å². The third-order valence-corrected chi connectivity index (χ3v) is 2.65. The van der Waals surface area contributed by atoms with Crippen LogP contribution in [0, 0.1) is 5.82 Å². The van der Waals surface area contributed by atoms with Crippen LogP contribution in [-0.2, 0) is 0 Å². The summed E-state index contributed by atoms with van der Waals surface area (Å²) in [4.78, 5) is 23.1. The Morgan fingerprint density at radius 2 is 2.10 bits per heavy atom. The predicted octanol–water partition coefficient (Wildman–Crippen LogP) is 2.58. The first-order valence-electron chi connectivity index (χ1n) is 5.20. The minimum atomic E-state index is -0.716. The molecule has 0 aliphatic carbocycles. The van der Waals surface area contributed by atoms with Crippen LogP contribution in [0.4, 0.5) is 10.3 Å². The number of carbonyl (C=O) groups is 1. The molecule has 104 valence electrons. The number of rotatable bonds is 3. The van der Waals surface area contributed by atoms with Crippen molar-refractivity contribution in [3.05, 3.63) is 40.0 Å². The molecule has 2 aromatic rings. The molecule has 0 saturated carbocycles. The summed E-state index contributed by atoms with van der Waals surface area (Å²) < 4.78 is 17.9. The van der Waals surface area contributed by atoms with Crippen LogP contribution in [0.25, 0.3) is 0 Å². The molecule has 0 fully saturated rings. The maximum Gasteiger partial charge on any atom is 0.261 e. The average Bonchev–Trinajstić information content (AvgIpc) is 2.40. The highest BCUT2D eigenvalue weighted by Crippen LogP contribution is 2.18. The molecule has 6 nitrogen and oxygen atoms in total. The fourth-order valence-corrected chi connectivity index (χ4v) is 1.67. The average molecular weight is 317 g/mol. The maximum atomic E-state index is 13.1. The van der Waals surface area contributed by atoms with Crippen molar-refractivity contribution in [1.82, 2.24) is 15.0 Å². The Kier molecular flexibility index (Phi) is 4.31. The van der Waals surface area contributed by atoms with Gasteiger partial charge < -0.3 is 4.74 Å². The largest absolute Gasteiger partial charge is 0.481 e. The number of nitrogens with one attached hydrogen (secondary N) is 1. The Balaban J connectivity index is 2.27. The zero-order valence-electron chi connectivity index (χ0n) is 10.0. The van der Waals surface area contributed by atoms with Crippen molar-refractivity contribution in [3.8, 4) is 5.88 Å². The molecule has 0 aliphatic heterocycles. The highest BCUT2D eigenvalue weighted by Gasteiger charge is 2.15. The summed E-state index contributed by atoms with van der Waals surface area (Å²) in [6.07, 6.45) is 0.901. The Morgan fingerprint density at radius 3 is 2.80 bits per heavy atom. The molecular formula is C11H7Cl2FN4O2. The van der Waals surface area contributed by atoms with Crippen LogP contribution < -0.4 is 10.1 Å². The summed E-state index contributed by atoms with van der Waals surface area (Å²) in [5.41, 5.74) is -0.144. The molecule has 9 heteroatoms. The first-order chi connectivity index (χ1) is 9.49. The lowest BCUT2D eigenvalue weighted by molar-refractivity contribution is 0.102. The SMILES string of the molecule is COc1cc(Cl)nc(NC(=O)c2cc(F)cnc2Cl)n1. The van der Waals surface area contributed by atoms with Gasteiger partial charge in [-0.3, -0.25) is 10.1 Å². The minimum absolute atomic E-state index is 0.0793. The fourth-order valence-electron chi connectivity index (χ4n) is 1.31. The third-order valence-electron chi connectivity index (χ3n) is 2.16. The molecule has 0 atom stereocenters. The van der Waals surface area contributed by atoms with Crippen molar-refractivity contribution in [2.75, 3.05) is 12.4 Å². The first kappa shape index (κ1) is 14.4. The number of amides is 1. The van der Waals surface area contributed by atoms with Gasteiger partial charge in [0.05, 0.1) is 18.9 Å². The van der Waals surface area contributed by atoms with Gasteiger partial charge in [0.1, 0.15) is 16.1 Å². The van der Waals surface area contributed by atoms with Crippen LogP contribution in [0.1, 0.15) is 10.4 Å². The van der Waals surface area contributed by atoms with Crippen LogP contribution >= 0.6 is 23.2 Å².